The summed E-state index contributed by atoms with van der Waals surface area (Å²) >= 11 is 1.83. The maximum absolute atomic E-state index is 5.53. The molecule has 1 rings (SSSR count). The second-order valence-electron chi connectivity index (χ2n) is 3.71. The molecule has 1 aromatic rings. The molecule has 0 aliphatic heterocycles. The fourth-order valence-electron chi connectivity index (χ4n) is 1.45. The predicted octanol–water partition coefficient (Wildman–Crippen LogP) is 2.39. The lowest BCUT2D eigenvalue weighted by Crippen LogP contribution is -1.90. The molecular formula is C12H18BNS. The lowest BCUT2D eigenvalue weighted by molar-refractivity contribution is 1.28. The zero-order chi connectivity index (χ0) is 11.3. The van der Waals surface area contributed by atoms with Gasteiger partial charge in [-0.25, -0.2) is 0 Å². The standard InChI is InChI=1S/C12H18BNS/c1-9-3-4-11(10(2)5-9)8-15-12(6-13)7-14/h3-5,7H,6,8,13-14H2,1-2H3/b12-7-. The van der Waals surface area contributed by atoms with Crippen molar-refractivity contribution in [2.75, 3.05) is 0 Å². The van der Waals surface area contributed by atoms with Crippen molar-refractivity contribution in [1.29, 1.82) is 0 Å². The molecule has 0 saturated carbocycles. The lowest BCUT2D eigenvalue weighted by Gasteiger charge is -2.07. The topological polar surface area (TPSA) is 26.0 Å². The Labute approximate surface area is 97.5 Å². The Balaban J connectivity index is 2.65. The summed E-state index contributed by atoms with van der Waals surface area (Å²) in [5.74, 6) is 1.02. The van der Waals surface area contributed by atoms with Gasteiger partial charge in [0.25, 0.3) is 0 Å². The van der Waals surface area contributed by atoms with Crippen molar-refractivity contribution in [1.82, 2.24) is 0 Å². The van der Waals surface area contributed by atoms with Crippen molar-refractivity contribution in [2.24, 2.45) is 5.73 Å². The van der Waals surface area contributed by atoms with E-state index in [2.05, 4.69) is 39.9 Å². The highest BCUT2D eigenvalue weighted by Gasteiger charge is 2.00. The van der Waals surface area contributed by atoms with E-state index in [1.807, 2.05) is 11.8 Å². The minimum atomic E-state index is 1.02. The van der Waals surface area contributed by atoms with Crippen LogP contribution in [0.2, 0.25) is 6.32 Å². The van der Waals surface area contributed by atoms with E-state index in [4.69, 9.17) is 5.73 Å². The molecule has 15 heavy (non-hydrogen) atoms. The van der Waals surface area contributed by atoms with E-state index in [0.717, 1.165) is 12.1 Å². The van der Waals surface area contributed by atoms with Gasteiger partial charge in [-0.3, -0.25) is 0 Å². The summed E-state index contributed by atoms with van der Waals surface area (Å²) < 4.78 is 0. The molecule has 3 heteroatoms. The molecule has 0 heterocycles. The first-order valence-electron chi connectivity index (χ1n) is 5.27. The number of nitrogens with two attached hydrogens (primary N) is 1. The highest BCUT2D eigenvalue weighted by molar-refractivity contribution is 8.02. The fraction of sp³-hybridized carbons (Fsp3) is 0.333. The highest BCUT2D eigenvalue weighted by atomic mass is 32.2. The molecular weight excluding hydrogens is 201 g/mol. The second-order valence-corrected chi connectivity index (χ2v) is 4.81. The zero-order valence-electron chi connectivity index (χ0n) is 9.71. The normalized spacial score (nSPS) is 11.7. The summed E-state index contributed by atoms with van der Waals surface area (Å²) in [6, 6.07) is 6.61. The van der Waals surface area contributed by atoms with Gasteiger partial charge >= 0.3 is 0 Å². The van der Waals surface area contributed by atoms with Crippen molar-refractivity contribution in [3.8, 4) is 0 Å². The summed E-state index contributed by atoms with van der Waals surface area (Å²) in [5.41, 5.74) is 9.62. The van der Waals surface area contributed by atoms with Crippen LogP contribution in [0.4, 0.5) is 0 Å². The molecule has 0 unspecified atom stereocenters. The first kappa shape index (κ1) is 12.2. The van der Waals surface area contributed by atoms with Crippen LogP contribution in [0.15, 0.2) is 29.3 Å². The Morgan fingerprint density at radius 1 is 1.47 bits per heavy atom. The molecule has 0 fully saturated rings. The van der Waals surface area contributed by atoms with Gasteiger partial charge in [0.15, 0.2) is 0 Å². The smallest absolute Gasteiger partial charge is 0.107 e. The summed E-state index contributed by atoms with van der Waals surface area (Å²) in [7, 11) is 2.13. The van der Waals surface area contributed by atoms with E-state index in [-0.39, 0.29) is 0 Å². The average Bonchev–Trinajstić information content (AvgIpc) is 2.22. The van der Waals surface area contributed by atoms with Crippen LogP contribution in [-0.2, 0) is 5.75 Å². The Morgan fingerprint density at radius 2 is 2.20 bits per heavy atom. The number of rotatable bonds is 4. The summed E-state index contributed by atoms with van der Waals surface area (Å²) in [4.78, 5) is 1.26. The maximum Gasteiger partial charge on any atom is 0.107 e. The molecule has 0 saturated heterocycles. The number of hydrogen-bond acceptors (Lipinski definition) is 2. The largest absolute Gasteiger partial charge is 0.404 e. The van der Waals surface area contributed by atoms with Gasteiger partial charge in [0.05, 0.1) is 0 Å². The van der Waals surface area contributed by atoms with Gasteiger partial charge in [0.2, 0.25) is 0 Å². The molecule has 1 aromatic carbocycles. The van der Waals surface area contributed by atoms with Crippen LogP contribution in [0.5, 0.6) is 0 Å². The Hall–Kier alpha value is -0.825. The van der Waals surface area contributed by atoms with Crippen LogP contribution in [0.1, 0.15) is 16.7 Å². The van der Waals surface area contributed by atoms with Crippen LogP contribution in [0, 0.1) is 13.8 Å². The van der Waals surface area contributed by atoms with Crippen molar-refractivity contribution >= 4 is 19.6 Å². The van der Waals surface area contributed by atoms with E-state index >= 15 is 0 Å². The Bertz CT molecular complexity index is 361. The van der Waals surface area contributed by atoms with Crippen LogP contribution >= 0.6 is 11.8 Å². The van der Waals surface area contributed by atoms with E-state index in [1.54, 1.807) is 6.20 Å². The lowest BCUT2D eigenvalue weighted by atomic mass is 10.1. The van der Waals surface area contributed by atoms with E-state index in [9.17, 15) is 0 Å². The second kappa shape index (κ2) is 5.91. The van der Waals surface area contributed by atoms with E-state index in [0.29, 0.717) is 0 Å². The third-order valence-electron chi connectivity index (χ3n) is 2.45. The van der Waals surface area contributed by atoms with Gasteiger partial charge < -0.3 is 5.73 Å². The predicted molar refractivity (Wildman–Crippen MR) is 72.8 cm³/mol. The Morgan fingerprint density at radius 3 is 2.73 bits per heavy atom. The van der Waals surface area contributed by atoms with Crippen molar-refractivity contribution in [3.63, 3.8) is 0 Å². The molecule has 0 atom stereocenters. The van der Waals surface area contributed by atoms with Crippen molar-refractivity contribution in [3.05, 3.63) is 46.0 Å². The Kier molecular flexibility index (Phi) is 4.83. The first-order chi connectivity index (χ1) is 7.17. The molecule has 0 bridgehead atoms. The van der Waals surface area contributed by atoms with Gasteiger partial charge in [-0.15, -0.1) is 11.8 Å². The molecule has 1 nitrogen and oxygen atoms in total. The van der Waals surface area contributed by atoms with Crippen molar-refractivity contribution < 1.29 is 0 Å². The van der Waals surface area contributed by atoms with Crippen molar-refractivity contribution in [2.45, 2.75) is 25.9 Å². The van der Waals surface area contributed by atoms with E-state index < -0.39 is 0 Å². The maximum atomic E-state index is 5.53. The van der Waals surface area contributed by atoms with Gasteiger partial charge in [0.1, 0.15) is 7.85 Å². The van der Waals surface area contributed by atoms with Gasteiger partial charge in [-0.2, -0.15) is 0 Å². The van der Waals surface area contributed by atoms with Crippen LogP contribution in [0.3, 0.4) is 0 Å². The van der Waals surface area contributed by atoms with Gasteiger partial charge in [0, 0.05) is 12.0 Å². The number of thioether (sulfide) groups is 1. The summed E-state index contributed by atoms with van der Waals surface area (Å²) in [6.45, 7) is 4.29. The summed E-state index contributed by atoms with van der Waals surface area (Å²) in [5, 5.41) is 0. The van der Waals surface area contributed by atoms with Gasteiger partial charge in [-0.1, -0.05) is 23.8 Å². The number of allylic oxidation sites excluding steroid dienone is 1. The molecule has 0 radical (unpaired) electrons. The highest BCUT2D eigenvalue weighted by Crippen LogP contribution is 2.24. The third kappa shape index (κ3) is 3.67. The quantitative estimate of drug-likeness (QED) is 0.787. The number of benzene rings is 1. The third-order valence-corrected chi connectivity index (χ3v) is 3.70. The van der Waals surface area contributed by atoms with E-state index in [1.165, 1.54) is 21.6 Å². The SMILES string of the molecule is BC/C(=C/N)SCc1ccc(C)cc1C. The van der Waals surface area contributed by atoms with Crippen LogP contribution in [-0.4, -0.2) is 7.85 Å². The first-order valence-corrected chi connectivity index (χ1v) is 6.25. The van der Waals surface area contributed by atoms with Gasteiger partial charge in [-0.05, 0) is 36.2 Å². The molecule has 80 valence electrons. The molecule has 0 aliphatic carbocycles. The van der Waals surface area contributed by atoms with Crippen LogP contribution < -0.4 is 5.73 Å². The fourth-order valence-corrected chi connectivity index (χ4v) is 2.41. The molecule has 0 aliphatic rings. The summed E-state index contributed by atoms with van der Waals surface area (Å²) in [6.07, 6.45) is 2.74. The van der Waals surface area contributed by atoms with Crippen LogP contribution in [0.25, 0.3) is 0 Å². The molecule has 0 spiro atoms. The molecule has 0 aromatic heterocycles. The monoisotopic (exact) mass is 219 g/mol. The minimum Gasteiger partial charge on any atom is -0.404 e. The number of hydrogen-bond donors (Lipinski definition) is 1. The minimum absolute atomic E-state index is 1.02. The number of aryl methyl sites for hydroxylation is 2. The molecule has 2 N–H and O–H groups in total. The zero-order valence-corrected chi connectivity index (χ0v) is 10.5. The average molecular weight is 219 g/mol. The molecule has 0 amide bonds.